The van der Waals surface area contributed by atoms with Gasteiger partial charge in [-0.05, 0) is 61.4 Å². The summed E-state index contributed by atoms with van der Waals surface area (Å²) in [5, 5.41) is 3.29. The molecule has 4 rings (SSSR count). The highest BCUT2D eigenvalue weighted by Crippen LogP contribution is 2.29. The molecule has 1 fully saturated rings. The molecule has 2 aliphatic rings. The molecule has 0 radical (unpaired) electrons. The zero-order valence-electron chi connectivity index (χ0n) is 17.1. The van der Waals surface area contributed by atoms with Gasteiger partial charge in [-0.3, -0.25) is 9.69 Å². The van der Waals surface area contributed by atoms with Crippen molar-refractivity contribution in [3.8, 4) is 0 Å². The minimum Gasteiger partial charge on any atom is -0.369 e. The van der Waals surface area contributed by atoms with Gasteiger partial charge in [0.05, 0.1) is 12.6 Å². The number of fused-ring (bicyclic) bond motifs is 1. The first-order valence-electron chi connectivity index (χ1n) is 10.5. The molecule has 1 amide bonds. The number of carbonyl (C=O) groups is 1. The number of hydrogen-bond donors (Lipinski definition) is 1. The molecule has 1 N–H and O–H groups in total. The Bertz CT molecular complexity index is 839. The molecule has 0 spiro atoms. The number of benzene rings is 2. The van der Waals surface area contributed by atoms with Gasteiger partial charge in [-0.1, -0.05) is 36.4 Å². The molecule has 148 valence electrons. The van der Waals surface area contributed by atoms with E-state index in [1.54, 1.807) is 0 Å². The third-order valence-corrected chi connectivity index (χ3v) is 6.36. The number of aryl methyl sites for hydroxylation is 2. The van der Waals surface area contributed by atoms with Crippen molar-refractivity contribution in [1.82, 2.24) is 10.2 Å². The molecule has 0 saturated carbocycles. The number of carbonyl (C=O) groups excluding carboxylic acids is 1. The van der Waals surface area contributed by atoms with Gasteiger partial charge in [-0.2, -0.15) is 0 Å². The molecule has 0 aromatic heterocycles. The van der Waals surface area contributed by atoms with Crippen LogP contribution in [0.25, 0.3) is 0 Å². The zero-order valence-corrected chi connectivity index (χ0v) is 17.1. The Morgan fingerprint density at radius 3 is 2.64 bits per heavy atom. The number of piperazine rings is 1. The van der Waals surface area contributed by atoms with Crippen molar-refractivity contribution in [2.24, 2.45) is 0 Å². The summed E-state index contributed by atoms with van der Waals surface area (Å²) in [5.41, 5.74) is 6.74. The Kier molecular flexibility index (Phi) is 5.67. The molecule has 1 atom stereocenters. The van der Waals surface area contributed by atoms with Gasteiger partial charge in [0.2, 0.25) is 5.91 Å². The van der Waals surface area contributed by atoms with Crippen LogP contribution in [0, 0.1) is 13.8 Å². The second-order valence-electron chi connectivity index (χ2n) is 8.19. The lowest BCUT2D eigenvalue weighted by Crippen LogP contribution is -2.50. The fraction of sp³-hybridized carbons (Fsp3) is 0.458. The maximum atomic E-state index is 12.7. The first-order chi connectivity index (χ1) is 13.6. The average Bonchev–Trinajstić information content (AvgIpc) is 2.71. The minimum atomic E-state index is 0.155. The van der Waals surface area contributed by atoms with Gasteiger partial charge in [-0.25, -0.2) is 0 Å². The number of hydrogen-bond acceptors (Lipinski definition) is 3. The van der Waals surface area contributed by atoms with Gasteiger partial charge in [0.15, 0.2) is 0 Å². The van der Waals surface area contributed by atoms with Gasteiger partial charge >= 0.3 is 0 Å². The predicted octanol–water partition coefficient (Wildman–Crippen LogP) is 3.62. The summed E-state index contributed by atoms with van der Waals surface area (Å²) in [6, 6.07) is 15.2. The topological polar surface area (TPSA) is 35.6 Å². The number of nitrogens with zero attached hydrogens (tertiary/aromatic N) is 2. The van der Waals surface area contributed by atoms with Gasteiger partial charge in [0, 0.05) is 31.9 Å². The van der Waals surface area contributed by atoms with Gasteiger partial charge in [-0.15, -0.1) is 0 Å². The maximum absolute atomic E-state index is 12.7. The molecule has 1 aliphatic heterocycles. The molecule has 1 heterocycles. The third kappa shape index (κ3) is 4.07. The van der Waals surface area contributed by atoms with Crippen molar-refractivity contribution >= 4 is 11.6 Å². The van der Waals surface area contributed by atoms with E-state index in [-0.39, 0.29) is 11.9 Å². The molecule has 0 unspecified atom stereocenters. The Balaban J connectivity index is 1.31. The second kappa shape index (κ2) is 8.36. The van der Waals surface area contributed by atoms with E-state index in [0.29, 0.717) is 6.54 Å². The van der Waals surface area contributed by atoms with Crippen molar-refractivity contribution in [2.45, 2.75) is 39.2 Å². The van der Waals surface area contributed by atoms with E-state index in [4.69, 9.17) is 0 Å². The number of anilines is 1. The van der Waals surface area contributed by atoms with E-state index in [1.165, 1.54) is 27.9 Å². The fourth-order valence-electron chi connectivity index (χ4n) is 4.57. The van der Waals surface area contributed by atoms with Crippen LogP contribution in [0.4, 0.5) is 5.69 Å². The van der Waals surface area contributed by atoms with E-state index in [1.807, 2.05) is 0 Å². The molecule has 28 heavy (non-hydrogen) atoms. The smallest absolute Gasteiger partial charge is 0.234 e. The third-order valence-electron chi connectivity index (χ3n) is 6.36. The largest absolute Gasteiger partial charge is 0.369 e. The number of nitrogens with one attached hydrogen (secondary N) is 1. The summed E-state index contributed by atoms with van der Waals surface area (Å²) in [4.78, 5) is 17.4. The summed E-state index contributed by atoms with van der Waals surface area (Å²) in [5.74, 6) is 0.155. The first-order valence-corrected chi connectivity index (χ1v) is 10.5. The molecule has 0 bridgehead atoms. The molecule has 2 aromatic carbocycles. The van der Waals surface area contributed by atoms with Crippen LogP contribution in [-0.2, 0) is 11.2 Å². The van der Waals surface area contributed by atoms with E-state index in [9.17, 15) is 4.79 Å². The molecule has 1 saturated heterocycles. The first kappa shape index (κ1) is 19.0. The van der Waals surface area contributed by atoms with Crippen LogP contribution < -0.4 is 10.2 Å². The Hall–Kier alpha value is -2.33. The molecular weight excluding hydrogens is 346 g/mol. The van der Waals surface area contributed by atoms with Crippen LogP contribution in [0.3, 0.4) is 0 Å². The lowest BCUT2D eigenvalue weighted by molar-refractivity contribution is -0.123. The van der Waals surface area contributed by atoms with Gasteiger partial charge in [0.1, 0.15) is 0 Å². The highest BCUT2D eigenvalue weighted by atomic mass is 16.2. The number of amides is 1. The molecule has 4 heteroatoms. The molecular formula is C24H31N3O. The van der Waals surface area contributed by atoms with Crippen molar-refractivity contribution in [3.63, 3.8) is 0 Å². The highest BCUT2D eigenvalue weighted by molar-refractivity contribution is 5.78. The fourth-order valence-corrected chi connectivity index (χ4v) is 4.57. The van der Waals surface area contributed by atoms with Gasteiger partial charge in [0.25, 0.3) is 0 Å². The summed E-state index contributed by atoms with van der Waals surface area (Å²) < 4.78 is 0. The van der Waals surface area contributed by atoms with Crippen LogP contribution >= 0.6 is 0 Å². The average molecular weight is 378 g/mol. The Morgan fingerprint density at radius 1 is 1.04 bits per heavy atom. The lowest BCUT2D eigenvalue weighted by atomic mass is 9.88. The van der Waals surface area contributed by atoms with E-state index < -0.39 is 0 Å². The van der Waals surface area contributed by atoms with Crippen molar-refractivity contribution in [3.05, 3.63) is 64.7 Å². The van der Waals surface area contributed by atoms with E-state index >= 15 is 0 Å². The predicted molar refractivity (Wildman–Crippen MR) is 115 cm³/mol. The SMILES string of the molecule is Cc1cccc(N2CCN(CC(=O)N[C@@H]3CCCc4ccccc43)CC2)c1C. The van der Waals surface area contributed by atoms with E-state index in [0.717, 1.165) is 45.4 Å². The van der Waals surface area contributed by atoms with Crippen molar-refractivity contribution < 1.29 is 4.79 Å². The van der Waals surface area contributed by atoms with Crippen LogP contribution in [0.15, 0.2) is 42.5 Å². The Labute approximate surface area is 168 Å². The second-order valence-corrected chi connectivity index (χ2v) is 8.19. The molecule has 4 nitrogen and oxygen atoms in total. The summed E-state index contributed by atoms with van der Waals surface area (Å²) in [6.07, 6.45) is 3.32. The van der Waals surface area contributed by atoms with Crippen molar-refractivity contribution in [2.75, 3.05) is 37.6 Å². The normalized spacial score (nSPS) is 19.9. The Morgan fingerprint density at radius 2 is 1.82 bits per heavy atom. The number of rotatable bonds is 4. The quantitative estimate of drug-likeness (QED) is 0.884. The van der Waals surface area contributed by atoms with Crippen LogP contribution in [0.2, 0.25) is 0 Å². The minimum absolute atomic E-state index is 0.155. The standard InChI is InChI=1S/C24H31N3O/c1-18-7-5-12-23(19(18)2)27-15-13-26(14-16-27)17-24(28)25-22-11-6-9-20-8-3-4-10-21(20)22/h3-5,7-8,10,12,22H,6,9,11,13-17H2,1-2H3,(H,25,28)/t22-/m1/s1. The zero-order chi connectivity index (χ0) is 19.5. The van der Waals surface area contributed by atoms with Crippen LogP contribution in [-0.4, -0.2) is 43.5 Å². The van der Waals surface area contributed by atoms with E-state index in [2.05, 4.69) is 71.4 Å². The van der Waals surface area contributed by atoms with Gasteiger partial charge < -0.3 is 10.2 Å². The van der Waals surface area contributed by atoms with Crippen LogP contribution in [0.5, 0.6) is 0 Å². The van der Waals surface area contributed by atoms with Crippen LogP contribution in [0.1, 0.15) is 41.1 Å². The lowest BCUT2D eigenvalue weighted by Gasteiger charge is -2.37. The summed E-state index contributed by atoms with van der Waals surface area (Å²) in [6.45, 7) is 8.69. The highest BCUT2D eigenvalue weighted by Gasteiger charge is 2.24. The summed E-state index contributed by atoms with van der Waals surface area (Å²) >= 11 is 0. The summed E-state index contributed by atoms with van der Waals surface area (Å²) in [7, 11) is 0. The molecule has 2 aromatic rings. The maximum Gasteiger partial charge on any atom is 0.234 e. The monoisotopic (exact) mass is 377 g/mol. The van der Waals surface area contributed by atoms with Crippen molar-refractivity contribution in [1.29, 1.82) is 0 Å². The molecule has 1 aliphatic carbocycles.